The normalized spacial score (nSPS) is 10.1. The van der Waals surface area contributed by atoms with Crippen molar-refractivity contribution in [2.24, 2.45) is 0 Å². The van der Waals surface area contributed by atoms with E-state index in [0.717, 1.165) is 25.9 Å². The molecule has 0 bridgehead atoms. The Balaban J connectivity index is 1.98. The van der Waals surface area contributed by atoms with E-state index in [1.54, 1.807) is 7.05 Å². The van der Waals surface area contributed by atoms with Crippen molar-refractivity contribution in [2.75, 3.05) is 20.1 Å². The van der Waals surface area contributed by atoms with Crippen LogP contribution in [-0.4, -0.2) is 26.0 Å². The zero-order chi connectivity index (χ0) is 11.6. The van der Waals surface area contributed by atoms with Gasteiger partial charge in [-0.25, -0.2) is 0 Å². The van der Waals surface area contributed by atoms with Crippen molar-refractivity contribution < 1.29 is 4.79 Å². The molecule has 0 saturated heterocycles. The van der Waals surface area contributed by atoms with Gasteiger partial charge in [0, 0.05) is 20.0 Å². The van der Waals surface area contributed by atoms with Gasteiger partial charge in [0.1, 0.15) is 0 Å². The largest absolute Gasteiger partial charge is 0.359 e. The Morgan fingerprint density at radius 3 is 2.62 bits per heavy atom. The predicted molar refractivity (Wildman–Crippen MR) is 66.3 cm³/mol. The molecule has 1 amide bonds. The van der Waals surface area contributed by atoms with E-state index in [1.807, 2.05) is 6.07 Å². The SMILES string of the molecule is CNC(=O)CCNCCCc1ccccc1. The van der Waals surface area contributed by atoms with Crippen LogP contribution in [0, 0.1) is 0 Å². The molecule has 88 valence electrons. The molecule has 0 aliphatic heterocycles. The predicted octanol–water partition coefficient (Wildman–Crippen LogP) is 1.34. The highest BCUT2D eigenvalue weighted by atomic mass is 16.1. The van der Waals surface area contributed by atoms with Gasteiger partial charge in [-0.15, -0.1) is 0 Å². The zero-order valence-corrected chi connectivity index (χ0v) is 9.83. The van der Waals surface area contributed by atoms with Crippen molar-refractivity contribution in [1.82, 2.24) is 10.6 Å². The number of rotatable bonds is 7. The Bertz CT molecular complexity index is 298. The van der Waals surface area contributed by atoms with E-state index in [-0.39, 0.29) is 5.91 Å². The van der Waals surface area contributed by atoms with E-state index in [0.29, 0.717) is 6.42 Å². The van der Waals surface area contributed by atoms with Crippen LogP contribution in [0.3, 0.4) is 0 Å². The van der Waals surface area contributed by atoms with Gasteiger partial charge in [0.15, 0.2) is 0 Å². The van der Waals surface area contributed by atoms with Crippen molar-refractivity contribution in [3.63, 3.8) is 0 Å². The number of carbonyl (C=O) groups excluding carboxylic acids is 1. The number of hydrogen-bond acceptors (Lipinski definition) is 2. The zero-order valence-electron chi connectivity index (χ0n) is 9.83. The summed E-state index contributed by atoms with van der Waals surface area (Å²) in [7, 11) is 1.66. The van der Waals surface area contributed by atoms with Crippen LogP contribution in [0.5, 0.6) is 0 Å². The van der Waals surface area contributed by atoms with E-state index in [1.165, 1.54) is 5.56 Å². The van der Waals surface area contributed by atoms with Crippen LogP contribution in [0.15, 0.2) is 30.3 Å². The molecule has 0 unspecified atom stereocenters. The van der Waals surface area contributed by atoms with Crippen molar-refractivity contribution in [3.8, 4) is 0 Å². The fourth-order valence-electron chi connectivity index (χ4n) is 1.51. The number of nitrogens with one attached hydrogen (secondary N) is 2. The van der Waals surface area contributed by atoms with Crippen molar-refractivity contribution >= 4 is 5.91 Å². The fraction of sp³-hybridized carbons (Fsp3) is 0.462. The monoisotopic (exact) mass is 220 g/mol. The van der Waals surface area contributed by atoms with Gasteiger partial charge in [-0.05, 0) is 24.9 Å². The lowest BCUT2D eigenvalue weighted by molar-refractivity contribution is -0.120. The highest BCUT2D eigenvalue weighted by molar-refractivity contribution is 5.75. The quantitative estimate of drug-likeness (QED) is 0.681. The Kier molecular flexibility index (Phi) is 6.26. The Labute approximate surface area is 97.2 Å². The molecule has 1 rings (SSSR count). The summed E-state index contributed by atoms with van der Waals surface area (Å²) in [5, 5.41) is 5.86. The fourth-order valence-corrected chi connectivity index (χ4v) is 1.51. The van der Waals surface area contributed by atoms with Gasteiger partial charge in [-0.3, -0.25) is 4.79 Å². The highest BCUT2D eigenvalue weighted by Crippen LogP contribution is 2.01. The van der Waals surface area contributed by atoms with Gasteiger partial charge >= 0.3 is 0 Å². The number of benzene rings is 1. The first-order valence-corrected chi connectivity index (χ1v) is 5.78. The van der Waals surface area contributed by atoms with Gasteiger partial charge < -0.3 is 10.6 Å². The van der Waals surface area contributed by atoms with Crippen molar-refractivity contribution in [1.29, 1.82) is 0 Å². The second-order valence-electron chi connectivity index (χ2n) is 3.76. The molecule has 16 heavy (non-hydrogen) atoms. The van der Waals surface area contributed by atoms with Gasteiger partial charge in [0.05, 0.1) is 0 Å². The number of hydrogen-bond donors (Lipinski definition) is 2. The van der Waals surface area contributed by atoms with Crippen LogP contribution in [0.2, 0.25) is 0 Å². The van der Waals surface area contributed by atoms with Crippen LogP contribution in [0.4, 0.5) is 0 Å². The molecule has 3 heteroatoms. The van der Waals surface area contributed by atoms with E-state index in [9.17, 15) is 4.79 Å². The lowest BCUT2D eigenvalue weighted by Crippen LogP contribution is -2.25. The molecule has 0 atom stereocenters. The minimum atomic E-state index is 0.0931. The number of aryl methyl sites for hydroxylation is 1. The molecule has 1 aromatic rings. The lowest BCUT2D eigenvalue weighted by atomic mass is 10.1. The Hall–Kier alpha value is -1.35. The van der Waals surface area contributed by atoms with Crippen LogP contribution in [-0.2, 0) is 11.2 Å². The third kappa shape index (κ3) is 5.51. The molecule has 3 nitrogen and oxygen atoms in total. The minimum absolute atomic E-state index is 0.0931. The molecule has 2 N–H and O–H groups in total. The van der Waals surface area contributed by atoms with Crippen LogP contribution >= 0.6 is 0 Å². The Morgan fingerprint density at radius 1 is 1.19 bits per heavy atom. The summed E-state index contributed by atoms with van der Waals surface area (Å²) in [6.45, 7) is 1.72. The highest BCUT2D eigenvalue weighted by Gasteiger charge is 1.96. The molecule has 0 aliphatic rings. The van der Waals surface area contributed by atoms with Gasteiger partial charge in [0.25, 0.3) is 0 Å². The molecule has 1 aromatic carbocycles. The molecular weight excluding hydrogens is 200 g/mol. The van der Waals surface area contributed by atoms with Gasteiger partial charge in [0.2, 0.25) is 5.91 Å². The standard InChI is InChI=1S/C13H20N2O/c1-14-13(16)9-11-15-10-5-8-12-6-3-2-4-7-12/h2-4,6-7,15H,5,8-11H2,1H3,(H,14,16). The maximum atomic E-state index is 10.9. The molecule has 0 fully saturated rings. The first-order valence-electron chi connectivity index (χ1n) is 5.78. The molecular formula is C13H20N2O. The van der Waals surface area contributed by atoms with Crippen LogP contribution < -0.4 is 10.6 Å². The molecule has 0 saturated carbocycles. The third-order valence-electron chi connectivity index (χ3n) is 2.47. The summed E-state index contributed by atoms with van der Waals surface area (Å²) in [6.07, 6.45) is 2.76. The van der Waals surface area contributed by atoms with Crippen molar-refractivity contribution in [3.05, 3.63) is 35.9 Å². The average molecular weight is 220 g/mol. The van der Waals surface area contributed by atoms with Gasteiger partial charge in [-0.2, -0.15) is 0 Å². The summed E-state index contributed by atoms with van der Waals surface area (Å²) in [5.74, 6) is 0.0931. The maximum absolute atomic E-state index is 10.9. The summed E-state index contributed by atoms with van der Waals surface area (Å²) in [5.41, 5.74) is 1.37. The van der Waals surface area contributed by atoms with Crippen LogP contribution in [0.1, 0.15) is 18.4 Å². The summed E-state index contributed by atoms with van der Waals surface area (Å²) in [4.78, 5) is 10.9. The van der Waals surface area contributed by atoms with E-state index in [4.69, 9.17) is 0 Å². The Morgan fingerprint density at radius 2 is 1.94 bits per heavy atom. The second kappa shape index (κ2) is 7.88. The first kappa shape index (κ1) is 12.7. The molecule has 0 spiro atoms. The topological polar surface area (TPSA) is 41.1 Å². The summed E-state index contributed by atoms with van der Waals surface area (Å²) >= 11 is 0. The second-order valence-corrected chi connectivity index (χ2v) is 3.76. The van der Waals surface area contributed by atoms with E-state index >= 15 is 0 Å². The van der Waals surface area contributed by atoms with Crippen molar-refractivity contribution in [2.45, 2.75) is 19.3 Å². The number of amides is 1. The summed E-state index contributed by atoms with van der Waals surface area (Å²) in [6, 6.07) is 10.4. The molecule has 0 aliphatic carbocycles. The smallest absolute Gasteiger partial charge is 0.221 e. The molecule has 0 aromatic heterocycles. The number of carbonyl (C=O) groups is 1. The first-order chi connectivity index (χ1) is 7.83. The van der Waals surface area contributed by atoms with Gasteiger partial charge in [-0.1, -0.05) is 30.3 Å². The maximum Gasteiger partial charge on any atom is 0.221 e. The third-order valence-corrected chi connectivity index (χ3v) is 2.47. The average Bonchev–Trinajstić information content (AvgIpc) is 2.34. The molecule has 0 radical (unpaired) electrons. The van der Waals surface area contributed by atoms with Crippen LogP contribution in [0.25, 0.3) is 0 Å². The van der Waals surface area contributed by atoms with E-state index < -0.39 is 0 Å². The van der Waals surface area contributed by atoms with E-state index in [2.05, 4.69) is 34.9 Å². The summed E-state index contributed by atoms with van der Waals surface area (Å²) < 4.78 is 0. The minimum Gasteiger partial charge on any atom is -0.359 e. The molecule has 0 heterocycles. The lowest BCUT2D eigenvalue weighted by Gasteiger charge is -2.04.